The molecule has 2 amide bonds. The Labute approximate surface area is 161 Å². The number of rotatable bonds is 5. The van der Waals surface area contributed by atoms with E-state index < -0.39 is 0 Å². The minimum absolute atomic E-state index is 0.0496. The Balaban J connectivity index is 1.57. The molecule has 0 aliphatic carbocycles. The summed E-state index contributed by atoms with van der Waals surface area (Å²) >= 11 is 0. The number of piperazine rings is 1. The van der Waals surface area contributed by atoms with Gasteiger partial charge in [0, 0.05) is 49.5 Å². The largest absolute Gasteiger partial charge is 0.368 e. The van der Waals surface area contributed by atoms with Gasteiger partial charge in [-0.2, -0.15) is 0 Å². The molecule has 1 fully saturated rings. The molecule has 1 saturated heterocycles. The molecule has 1 aliphatic rings. The summed E-state index contributed by atoms with van der Waals surface area (Å²) in [6, 6.07) is 15.7. The van der Waals surface area contributed by atoms with Gasteiger partial charge in [0.25, 0.3) is 5.91 Å². The second-order valence-electron chi connectivity index (χ2n) is 6.94. The van der Waals surface area contributed by atoms with Crippen molar-refractivity contribution in [2.75, 3.05) is 36.4 Å². The number of carbonyl (C=O) groups is 2. The lowest BCUT2D eigenvalue weighted by Crippen LogP contribution is -2.48. The molecule has 5 heteroatoms. The molecule has 1 aliphatic heterocycles. The van der Waals surface area contributed by atoms with E-state index in [1.807, 2.05) is 67.3 Å². The van der Waals surface area contributed by atoms with Crippen molar-refractivity contribution in [3.63, 3.8) is 0 Å². The van der Waals surface area contributed by atoms with Crippen LogP contribution in [0, 0.1) is 6.92 Å². The Morgan fingerprint density at radius 1 is 0.963 bits per heavy atom. The van der Waals surface area contributed by atoms with Crippen molar-refractivity contribution in [3.8, 4) is 0 Å². The minimum Gasteiger partial charge on any atom is -0.368 e. The fourth-order valence-electron chi connectivity index (χ4n) is 3.36. The minimum atomic E-state index is 0.0496. The van der Waals surface area contributed by atoms with Crippen molar-refractivity contribution < 1.29 is 9.59 Å². The van der Waals surface area contributed by atoms with Crippen LogP contribution in [0.1, 0.15) is 35.7 Å². The summed E-state index contributed by atoms with van der Waals surface area (Å²) in [6.07, 6.45) is 1.38. The fraction of sp³-hybridized carbons (Fsp3) is 0.364. The van der Waals surface area contributed by atoms with Gasteiger partial charge in [-0.25, -0.2) is 0 Å². The van der Waals surface area contributed by atoms with Crippen LogP contribution in [0.5, 0.6) is 0 Å². The molecule has 0 radical (unpaired) electrons. The fourth-order valence-corrected chi connectivity index (χ4v) is 3.36. The molecular weight excluding hydrogens is 338 g/mol. The van der Waals surface area contributed by atoms with Gasteiger partial charge in [0.2, 0.25) is 5.91 Å². The third-order valence-corrected chi connectivity index (χ3v) is 4.94. The normalized spacial score (nSPS) is 14.1. The zero-order chi connectivity index (χ0) is 19.2. The van der Waals surface area contributed by atoms with E-state index in [1.165, 1.54) is 0 Å². The van der Waals surface area contributed by atoms with Crippen LogP contribution < -0.4 is 10.2 Å². The van der Waals surface area contributed by atoms with Crippen LogP contribution in [0.4, 0.5) is 11.4 Å². The summed E-state index contributed by atoms with van der Waals surface area (Å²) < 4.78 is 0. The van der Waals surface area contributed by atoms with Crippen molar-refractivity contribution in [1.82, 2.24) is 4.90 Å². The predicted octanol–water partition coefficient (Wildman–Crippen LogP) is 3.70. The third kappa shape index (κ3) is 4.67. The molecule has 1 N–H and O–H groups in total. The van der Waals surface area contributed by atoms with Crippen LogP contribution in [0.3, 0.4) is 0 Å². The number of hydrogen-bond acceptors (Lipinski definition) is 3. The van der Waals surface area contributed by atoms with Crippen LogP contribution in [0.25, 0.3) is 0 Å². The van der Waals surface area contributed by atoms with E-state index >= 15 is 0 Å². The molecule has 0 bridgehead atoms. The zero-order valence-electron chi connectivity index (χ0n) is 16.1. The van der Waals surface area contributed by atoms with Crippen LogP contribution >= 0.6 is 0 Å². The highest BCUT2D eigenvalue weighted by Gasteiger charge is 2.23. The quantitative estimate of drug-likeness (QED) is 0.879. The van der Waals surface area contributed by atoms with Gasteiger partial charge in [-0.05, 0) is 49.2 Å². The first kappa shape index (κ1) is 19.0. The lowest BCUT2D eigenvalue weighted by atomic mass is 10.1. The maximum Gasteiger partial charge on any atom is 0.254 e. The van der Waals surface area contributed by atoms with Gasteiger partial charge >= 0.3 is 0 Å². The van der Waals surface area contributed by atoms with Gasteiger partial charge in [-0.1, -0.05) is 25.1 Å². The molecule has 142 valence electrons. The summed E-state index contributed by atoms with van der Waals surface area (Å²) in [4.78, 5) is 28.6. The number of hydrogen-bond donors (Lipinski definition) is 1. The molecule has 3 rings (SSSR count). The summed E-state index contributed by atoms with van der Waals surface area (Å²) in [5, 5.41) is 2.91. The van der Waals surface area contributed by atoms with Crippen molar-refractivity contribution in [2.24, 2.45) is 0 Å². The smallest absolute Gasteiger partial charge is 0.254 e. The summed E-state index contributed by atoms with van der Waals surface area (Å²) in [5.41, 5.74) is 3.75. The molecule has 0 saturated carbocycles. The highest BCUT2D eigenvalue weighted by atomic mass is 16.2. The van der Waals surface area contributed by atoms with Gasteiger partial charge in [0.1, 0.15) is 0 Å². The molecule has 0 unspecified atom stereocenters. The number of benzene rings is 2. The second kappa shape index (κ2) is 8.71. The average Bonchev–Trinajstić information content (AvgIpc) is 2.69. The Kier molecular flexibility index (Phi) is 6.12. The molecule has 2 aromatic carbocycles. The van der Waals surface area contributed by atoms with Crippen molar-refractivity contribution in [1.29, 1.82) is 0 Å². The summed E-state index contributed by atoms with van der Waals surface area (Å²) in [6.45, 7) is 7.00. The Morgan fingerprint density at radius 2 is 1.63 bits per heavy atom. The van der Waals surface area contributed by atoms with Gasteiger partial charge in [-0.3, -0.25) is 9.59 Å². The van der Waals surface area contributed by atoms with Crippen LogP contribution in [-0.2, 0) is 4.79 Å². The summed E-state index contributed by atoms with van der Waals surface area (Å²) in [5.74, 6) is 0.162. The standard InChI is InChI=1S/C22H27N3O2/c1-3-6-21(26)23-18-9-11-19(12-10-18)24-13-15-25(16-14-24)22(27)20-8-5-4-7-17(20)2/h4-5,7-12H,3,6,13-16H2,1-2H3,(H,23,26). The number of nitrogens with one attached hydrogen (secondary N) is 1. The number of anilines is 2. The SMILES string of the molecule is CCCC(=O)Nc1ccc(N2CCN(C(=O)c3ccccc3C)CC2)cc1. The van der Waals surface area contributed by atoms with E-state index in [4.69, 9.17) is 0 Å². The molecule has 0 aromatic heterocycles. The van der Waals surface area contributed by atoms with E-state index in [1.54, 1.807) is 0 Å². The molecule has 5 nitrogen and oxygen atoms in total. The van der Waals surface area contributed by atoms with E-state index in [2.05, 4.69) is 10.2 Å². The van der Waals surface area contributed by atoms with E-state index in [0.717, 1.165) is 42.0 Å². The lowest BCUT2D eigenvalue weighted by molar-refractivity contribution is -0.116. The molecule has 0 atom stereocenters. The highest BCUT2D eigenvalue weighted by Crippen LogP contribution is 2.21. The maximum atomic E-state index is 12.7. The van der Waals surface area contributed by atoms with E-state index in [0.29, 0.717) is 19.5 Å². The van der Waals surface area contributed by atoms with Crippen LogP contribution in [0.2, 0.25) is 0 Å². The first-order valence-corrected chi connectivity index (χ1v) is 9.58. The predicted molar refractivity (Wildman–Crippen MR) is 109 cm³/mol. The molecule has 2 aromatic rings. The number of aryl methyl sites for hydroxylation is 1. The maximum absolute atomic E-state index is 12.7. The van der Waals surface area contributed by atoms with E-state index in [9.17, 15) is 9.59 Å². The van der Waals surface area contributed by atoms with Crippen molar-refractivity contribution in [2.45, 2.75) is 26.7 Å². The van der Waals surface area contributed by atoms with E-state index in [-0.39, 0.29) is 11.8 Å². The Morgan fingerprint density at radius 3 is 2.26 bits per heavy atom. The summed E-state index contributed by atoms with van der Waals surface area (Å²) in [7, 11) is 0. The molecular formula is C22H27N3O2. The van der Waals surface area contributed by atoms with Crippen molar-refractivity contribution in [3.05, 3.63) is 59.7 Å². The monoisotopic (exact) mass is 365 g/mol. The van der Waals surface area contributed by atoms with Gasteiger partial charge in [0.05, 0.1) is 0 Å². The number of carbonyl (C=O) groups excluding carboxylic acids is 2. The van der Waals surface area contributed by atoms with Gasteiger partial charge in [0.15, 0.2) is 0 Å². The topological polar surface area (TPSA) is 52.7 Å². The Hall–Kier alpha value is -2.82. The van der Waals surface area contributed by atoms with Crippen LogP contribution in [0.15, 0.2) is 48.5 Å². The van der Waals surface area contributed by atoms with Gasteiger partial charge < -0.3 is 15.1 Å². The van der Waals surface area contributed by atoms with Gasteiger partial charge in [-0.15, -0.1) is 0 Å². The molecule has 1 heterocycles. The lowest BCUT2D eigenvalue weighted by Gasteiger charge is -2.36. The molecule has 0 spiro atoms. The third-order valence-electron chi connectivity index (χ3n) is 4.94. The Bertz CT molecular complexity index is 793. The zero-order valence-corrected chi connectivity index (χ0v) is 16.1. The average molecular weight is 365 g/mol. The first-order chi connectivity index (χ1) is 13.1. The number of amides is 2. The first-order valence-electron chi connectivity index (χ1n) is 9.58. The number of nitrogens with zero attached hydrogens (tertiary/aromatic N) is 2. The second-order valence-corrected chi connectivity index (χ2v) is 6.94. The van der Waals surface area contributed by atoms with Crippen molar-refractivity contribution >= 4 is 23.2 Å². The van der Waals surface area contributed by atoms with Crippen LogP contribution in [-0.4, -0.2) is 42.9 Å². The molecule has 27 heavy (non-hydrogen) atoms. The highest BCUT2D eigenvalue weighted by molar-refractivity contribution is 5.95.